The van der Waals surface area contributed by atoms with Gasteiger partial charge in [-0.25, -0.2) is 0 Å². The Morgan fingerprint density at radius 1 is 1.03 bits per heavy atom. The number of likely N-dealkylation sites (tertiary alicyclic amines) is 1. The highest BCUT2D eigenvalue weighted by Crippen LogP contribution is 2.24. The Morgan fingerprint density at radius 3 is 2.32 bits per heavy atom. The van der Waals surface area contributed by atoms with Gasteiger partial charge in [0.1, 0.15) is 6.04 Å². The molecule has 1 aliphatic carbocycles. The maximum absolute atomic E-state index is 13.3. The number of carbonyl (C=O) groups excluding carboxylic acids is 1. The standard InChI is InChI=1S/C25H40N4OS/c1-25(2,3)22(23(30)29-16-10-5-11-17-29)28-24(31)27-21-15-9-8-14-20(21)26-18-19-12-6-4-7-13-19/h4,6-7,12-13,20-22,26H,5,8-11,14-18H2,1-3H3,(H2,27,28,31)/t20-,21-,22+/m0/s1. The van der Waals surface area contributed by atoms with Gasteiger partial charge >= 0.3 is 0 Å². The van der Waals surface area contributed by atoms with Gasteiger partial charge in [0.25, 0.3) is 0 Å². The van der Waals surface area contributed by atoms with E-state index in [0.29, 0.717) is 11.2 Å². The molecule has 1 saturated carbocycles. The molecule has 31 heavy (non-hydrogen) atoms. The van der Waals surface area contributed by atoms with Crippen LogP contribution >= 0.6 is 12.2 Å². The Labute approximate surface area is 193 Å². The number of hydrogen-bond donors (Lipinski definition) is 3. The largest absolute Gasteiger partial charge is 0.358 e. The smallest absolute Gasteiger partial charge is 0.245 e. The minimum absolute atomic E-state index is 0.179. The zero-order valence-electron chi connectivity index (χ0n) is 19.5. The van der Waals surface area contributed by atoms with E-state index in [1.54, 1.807) is 0 Å². The second kappa shape index (κ2) is 11.3. The molecule has 1 heterocycles. The fraction of sp³-hybridized carbons (Fsp3) is 0.680. The monoisotopic (exact) mass is 444 g/mol. The number of benzene rings is 1. The third-order valence-electron chi connectivity index (χ3n) is 6.55. The van der Waals surface area contributed by atoms with Crippen LogP contribution in [0.2, 0.25) is 0 Å². The van der Waals surface area contributed by atoms with Crippen molar-refractivity contribution in [2.75, 3.05) is 13.1 Å². The number of amides is 1. The van der Waals surface area contributed by atoms with Crippen LogP contribution in [0.3, 0.4) is 0 Å². The number of piperidine rings is 1. The normalized spacial score (nSPS) is 23.1. The molecule has 1 aromatic rings. The van der Waals surface area contributed by atoms with Crippen molar-refractivity contribution in [1.29, 1.82) is 0 Å². The van der Waals surface area contributed by atoms with Crippen LogP contribution in [-0.2, 0) is 11.3 Å². The van der Waals surface area contributed by atoms with Gasteiger partial charge < -0.3 is 20.9 Å². The van der Waals surface area contributed by atoms with Crippen molar-refractivity contribution >= 4 is 23.2 Å². The van der Waals surface area contributed by atoms with Crippen LogP contribution in [-0.4, -0.2) is 47.1 Å². The van der Waals surface area contributed by atoms with E-state index in [-0.39, 0.29) is 23.4 Å². The Balaban J connectivity index is 1.58. The summed E-state index contributed by atoms with van der Waals surface area (Å²) in [7, 11) is 0. The molecule has 0 aromatic heterocycles. The van der Waals surface area contributed by atoms with Crippen LogP contribution in [0.1, 0.15) is 71.3 Å². The van der Waals surface area contributed by atoms with Gasteiger partial charge in [0, 0.05) is 31.7 Å². The van der Waals surface area contributed by atoms with E-state index < -0.39 is 0 Å². The summed E-state index contributed by atoms with van der Waals surface area (Å²) in [6, 6.07) is 10.9. The van der Waals surface area contributed by atoms with Gasteiger partial charge in [0.15, 0.2) is 5.11 Å². The fourth-order valence-electron chi connectivity index (χ4n) is 4.68. The number of nitrogens with zero attached hydrogens (tertiary/aromatic N) is 1. The van der Waals surface area contributed by atoms with Crippen molar-refractivity contribution in [2.24, 2.45) is 5.41 Å². The topological polar surface area (TPSA) is 56.4 Å². The average Bonchev–Trinajstić information content (AvgIpc) is 2.77. The molecule has 172 valence electrons. The molecule has 0 radical (unpaired) electrons. The summed E-state index contributed by atoms with van der Waals surface area (Å²) in [4.78, 5) is 15.3. The summed E-state index contributed by atoms with van der Waals surface area (Å²) in [6.45, 7) is 8.92. The Morgan fingerprint density at radius 2 is 1.68 bits per heavy atom. The molecule has 1 aromatic carbocycles. The molecule has 1 amide bonds. The third-order valence-corrected chi connectivity index (χ3v) is 6.79. The van der Waals surface area contributed by atoms with Crippen molar-refractivity contribution < 1.29 is 4.79 Å². The highest BCUT2D eigenvalue weighted by molar-refractivity contribution is 7.80. The predicted molar refractivity (Wildman–Crippen MR) is 132 cm³/mol. The van der Waals surface area contributed by atoms with Gasteiger partial charge in [-0.3, -0.25) is 4.79 Å². The molecule has 2 fully saturated rings. The SMILES string of the molecule is CC(C)(C)[C@H](NC(=S)N[C@H]1CCCC[C@@H]1NCc1ccccc1)C(=O)N1CCCCC1. The predicted octanol–water partition coefficient (Wildman–Crippen LogP) is 3.98. The lowest BCUT2D eigenvalue weighted by atomic mass is 9.85. The van der Waals surface area contributed by atoms with E-state index in [0.717, 1.165) is 45.3 Å². The summed E-state index contributed by atoms with van der Waals surface area (Å²) in [5.74, 6) is 0.179. The molecule has 1 saturated heterocycles. The molecule has 0 unspecified atom stereocenters. The molecule has 3 atom stereocenters. The minimum Gasteiger partial charge on any atom is -0.358 e. The van der Waals surface area contributed by atoms with Crippen molar-refractivity contribution in [3.63, 3.8) is 0 Å². The molecule has 0 spiro atoms. The molecule has 5 nitrogen and oxygen atoms in total. The number of thiocarbonyl (C=S) groups is 1. The molecular formula is C25H40N4OS. The zero-order valence-corrected chi connectivity index (χ0v) is 20.3. The van der Waals surface area contributed by atoms with Crippen LogP contribution in [0.5, 0.6) is 0 Å². The highest BCUT2D eigenvalue weighted by Gasteiger charge is 2.36. The lowest BCUT2D eigenvalue weighted by Crippen LogP contribution is -2.60. The Bertz CT molecular complexity index is 712. The molecule has 1 aliphatic heterocycles. The number of rotatable bonds is 6. The Hall–Kier alpha value is -1.66. The number of nitrogens with one attached hydrogen (secondary N) is 3. The van der Waals surface area contributed by atoms with E-state index in [9.17, 15) is 4.79 Å². The van der Waals surface area contributed by atoms with Gasteiger partial charge in [-0.2, -0.15) is 0 Å². The van der Waals surface area contributed by atoms with E-state index in [1.165, 1.54) is 24.8 Å². The summed E-state index contributed by atoms with van der Waals surface area (Å²) >= 11 is 5.71. The quantitative estimate of drug-likeness (QED) is 0.580. The first kappa shape index (κ1) is 24.0. The second-order valence-electron chi connectivity index (χ2n) is 10.2. The molecule has 3 N–H and O–H groups in total. The maximum Gasteiger partial charge on any atom is 0.245 e. The van der Waals surface area contributed by atoms with Crippen molar-refractivity contribution in [3.8, 4) is 0 Å². The summed E-state index contributed by atoms with van der Waals surface area (Å²) in [6.07, 6.45) is 8.10. The molecule has 2 aliphatic rings. The van der Waals surface area contributed by atoms with Crippen LogP contribution in [0.15, 0.2) is 30.3 Å². The van der Waals surface area contributed by atoms with E-state index in [1.807, 2.05) is 4.90 Å². The van der Waals surface area contributed by atoms with Crippen molar-refractivity contribution in [3.05, 3.63) is 35.9 Å². The molecular weight excluding hydrogens is 404 g/mol. The fourth-order valence-corrected chi connectivity index (χ4v) is 4.95. The molecule has 6 heteroatoms. The number of hydrogen-bond acceptors (Lipinski definition) is 3. The van der Waals surface area contributed by atoms with Crippen molar-refractivity contribution in [1.82, 2.24) is 20.9 Å². The number of carbonyl (C=O) groups is 1. The van der Waals surface area contributed by atoms with E-state index >= 15 is 0 Å². The van der Waals surface area contributed by atoms with Crippen LogP contribution in [0.4, 0.5) is 0 Å². The van der Waals surface area contributed by atoms with Crippen LogP contribution < -0.4 is 16.0 Å². The average molecular weight is 445 g/mol. The summed E-state index contributed by atoms with van der Waals surface area (Å²) in [5.41, 5.74) is 1.09. The Kier molecular flexibility index (Phi) is 8.73. The van der Waals surface area contributed by atoms with Gasteiger partial charge in [-0.15, -0.1) is 0 Å². The lowest BCUT2D eigenvalue weighted by molar-refractivity contribution is -0.136. The van der Waals surface area contributed by atoms with Crippen LogP contribution in [0.25, 0.3) is 0 Å². The highest BCUT2D eigenvalue weighted by atomic mass is 32.1. The van der Waals surface area contributed by atoms with E-state index in [2.05, 4.69) is 67.1 Å². The van der Waals surface area contributed by atoms with Crippen molar-refractivity contribution in [2.45, 2.75) is 90.4 Å². The van der Waals surface area contributed by atoms with Gasteiger partial charge in [0.05, 0.1) is 0 Å². The minimum atomic E-state index is -0.315. The lowest BCUT2D eigenvalue weighted by Gasteiger charge is -2.38. The first-order chi connectivity index (χ1) is 14.8. The van der Waals surface area contributed by atoms with E-state index in [4.69, 9.17) is 12.2 Å². The van der Waals surface area contributed by atoms with Gasteiger partial charge in [-0.1, -0.05) is 63.9 Å². The first-order valence-corrected chi connectivity index (χ1v) is 12.4. The summed E-state index contributed by atoms with van der Waals surface area (Å²) < 4.78 is 0. The van der Waals surface area contributed by atoms with Crippen LogP contribution in [0, 0.1) is 5.41 Å². The third kappa shape index (κ3) is 7.18. The molecule has 3 rings (SSSR count). The maximum atomic E-state index is 13.3. The van der Waals surface area contributed by atoms with Gasteiger partial charge in [0.2, 0.25) is 5.91 Å². The van der Waals surface area contributed by atoms with Gasteiger partial charge in [-0.05, 0) is 55.3 Å². The summed E-state index contributed by atoms with van der Waals surface area (Å²) in [5, 5.41) is 11.3. The second-order valence-corrected chi connectivity index (χ2v) is 10.6. The zero-order chi connectivity index (χ0) is 22.3. The first-order valence-electron chi connectivity index (χ1n) is 12.0. The molecule has 0 bridgehead atoms.